The minimum Gasteiger partial charge on any atom is -0.381 e. The lowest BCUT2D eigenvalue weighted by Gasteiger charge is -2.39. The molecular formula is C33H36FN7O2. The molecule has 1 aromatic carbocycles. The summed E-state index contributed by atoms with van der Waals surface area (Å²) in [6, 6.07) is 5.93. The van der Waals surface area contributed by atoms with Gasteiger partial charge in [-0.1, -0.05) is 30.7 Å². The molecule has 0 saturated heterocycles. The number of aliphatic imine (C=N–C) groups is 1. The zero-order valence-corrected chi connectivity index (χ0v) is 25.3. The monoisotopic (exact) mass is 581 g/mol. The highest BCUT2D eigenvalue weighted by Crippen LogP contribution is 2.41. The van der Waals surface area contributed by atoms with Gasteiger partial charge in [0.2, 0.25) is 5.91 Å². The van der Waals surface area contributed by atoms with E-state index in [9.17, 15) is 19.2 Å². The Morgan fingerprint density at radius 2 is 2.02 bits per heavy atom. The number of rotatable bonds is 9. The van der Waals surface area contributed by atoms with Crippen LogP contribution in [0.4, 0.5) is 10.1 Å². The van der Waals surface area contributed by atoms with Gasteiger partial charge in [0.25, 0.3) is 5.91 Å². The van der Waals surface area contributed by atoms with Crippen LogP contribution in [0.2, 0.25) is 0 Å². The Morgan fingerprint density at radius 1 is 1.30 bits per heavy atom. The topological polar surface area (TPSA) is 115 Å². The van der Waals surface area contributed by atoms with Crippen LogP contribution in [0.5, 0.6) is 0 Å². The molecule has 0 bridgehead atoms. The molecule has 1 aromatic heterocycles. The van der Waals surface area contributed by atoms with Crippen LogP contribution in [-0.2, 0) is 9.59 Å². The number of carbonyl (C=O) groups excluding carboxylic acids is 2. The standard InChI is InChI=1S/C33H36FN7O2/c1-7-9-31(42)40(5)30(19-36-8-2)32-37-17-23(18-38-32)29-15-26-25(12-20(3)13-27(26)33(43)41(29)6)21(4)39-28-11-10-24(34)14-22(28)16-35/h8,10-15,17-19,21,25-26,39H,7,9H2,1-6H3/b30-19-,36-8?/t21-,25?,26?/m1/s1. The van der Waals surface area contributed by atoms with Crippen molar-refractivity contribution < 1.29 is 14.0 Å². The first-order chi connectivity index (χ1) is 20.6. The number of amides is 2. The van der Waals surface area contributed by atoms with Gasteiger partial charge in [-0.05, 0) is 45.4 Å². The minimum atomic E-state index is -0.477. The van der Waals surface area contributed by atoms with E-state index in [2.05, 4.69) is 26.4 Å². The molecule has 2 heterocycles. The number of fused-ring (bicyclic) bond motifs is 1. The summed E-state index contributed by atoms with van der Waals surface area (Å²) in [6.45, 7) is 7.67. The molecular weight excluding hydrogens is 545 g/mol. The summed E-state index contributed by atoms with van der Waals surface area (Å²) < 4.78 is 13.7. The number of aromatic nitrogens is 2. The third-order valence-corrected chi connectivity index (χ3v) is 7.65. The summed E-state index contributed by atoms with van der Waals surface area (Å²) in [4.78, 5) is 42.6. The fourth-order valence-corrected chi connectivity index (χ4v) is 5.36. The smallest absolute Gasteiger partial charge is 0.254 e. The van der Waals surface area contributed by atoms with Crippen LogP contribution >= 0.6 is 0 Å². The molecule has 3 atom stereocenters. The quantitative estimate of drug-likeness (QED) is 0.388. The number of nitrogens with zero attached hydrogens (tertiary/aromatic N) is 6. The van der Waals surface area contributed by atoms with Gasteiger partial charge in [0.15, 0.2) is 5.82 Å². The predicted octanol–water partition coefficient (Wildman–Crippen LogP) is 5.57. The molecule has 2 aliphatic rings. The second kappa shape index (κ2) is 13.4. The molecule has 1 aliphatic carbocycles. The van der Waals surface area contributed by atoms with Crippen molar-refractivity contribution in [2.75, 3.05) is 19.4 Å². The van der Waals surface area contributed by atoms with Crippen molar-refractivity contribution in [3.8, 4) is 6.07 Å². The summed E-state index contributed by atoms with van der Waals surface area (Å²) in [7, 11) is 3.40. The van der Waals surface area contributed by atoms with Gasteiger partial charge in [0.1, 0.15) is 17.6 Å². The van der Waals surface area contributed by atoms with Crippen molar-refractivity contribution in [3.05, 3.63) is 88.9 Å². The molecule has 4 rings (SSSR count). The van der Waals surface area contributed by atoms with Crippen molar-refractivity contribution in [3.63, 3.8) is 0 Å². The first kappa shape index (κ1) is 31.0. The minimum absolute atomic E-state index is 0.0655. The third-order valence-electron chi connectivity index (χ3n) is 7.65. The second-order valence-electron chi connectivity index (χ2n) is 10.7. The highest BCUT2D eigenvalue weighted by molar-refractivity contribution is 6.02. The summed E-state index contributed by atoms with van der Waals surface area (Å²) in [6.07, 6.45) is 13.6. The summed E-state index contributed by atoms with van der Waals surface area (Å²) in [5.41, 5.74) is 4.16. The Bertz CT molecular complexity index is 1600. The van der Waals surface area contributed by atoms with Gasteiger partial charge in [0, 0.05) is 68.1 Å². The van der Waals surface area contributed by atoms with Crippen molar-refractivity contribution in [1.82, 2.24) is 19.8 Å². The maximum Gasteiger partial charge on any atom is 0.254 e. The van der Waals surface area contributed by atoms with Gasteiger partial charge in [-0.25, -0.2) is 14.4 Å². The van der Waals surface area contributed by atoms with E-state index in [1.165, 1.54) is 17.0 Å². The molecule has 1 N–H and O–H groups in total. The van der Waals surface area contributed by atoms with Gasteiger partial charge in [-0.15, -0.1) is 0 Å². The average molecular weight is 582 g/mol. The first-order valence-corrected chi connectivity index (χ1v) is 14.2. The van der Waals surface area contributed by atoms with Crippen molar-refractivity contribution >= 4 is 35.1 Å². The van der Waals surface area contributed by atoms with E-state index >= 15 is 0 Å². The van der Waals surface area contributed by atoms with Gasteiger partial charge >= 0.3 is 0 Å². The first-order valence-electron chi connectivity index (χ1n) is 14.2. The molecule has 10 heteroatoms. The van der Waals surface area contributed by atoms with Crippen LogP contribution in [0.1, 0.15) is 57.5 Å². The third kappa shape index (κ3) is 6.61. The fraction of sp³-hybridized carbons (Fsp3) is 0.333. The summed E-state index contributed by atoms with van der Waals surface area (Å²) in [5.74, 6) is -0.726. The summed E-state index contributed by atoms with van der Waals surface area (Å²) >= 11 is 0. The number of halogens is 1. The van der Waals surface area contributed by atoms with Crippen LogP contribution in [0, 0.1) is 29.0 Å². The number of hydrogen-bond acceptors (Lipinski definition) is 7. The number of nitrogens with one attached hydrogen (secondary N) is 1. The highest BCUT2D eigenvalue weighted by atomic mass is 19.1. The predicted molar refractivity (Wildman–Crippen MR) is 166 cm³/mol. The molecule has 0 fully saturated rings. The molecule has 222 valence electrons. The van der Waals surface area contributed by atoms with Crippen LogP contribution in [0.3, 0.4) is 0 Å². The van der Waals surface area contributed by atoms with Gasteiger partial charge in [-0.2, -0.15) is 5.26 Å². The van der Waals surface area contributed by atoms with Gasteiger partial charge in [0.05, 0.1) is 23.1 Å². The fourth-order valence-electron chi connectivity index (χ4n) is 5.36. The largest absolute Gasteiger partial charge is 0.381 e. The van der Waals surface area contributed by atoms with Crippen molar-refractivity contribution in [2.45, 2.75) is 46.6 Å². The van der Waals surface area contributed by atoms with E-state index in [0.717, 1.165) is 5.57 Å². The number of anilines is 1. The lowest BCUT2D eigenvalue weighted by atomic mass is 9.74. The number of carbonyl (C=O) groups is 2. The molecule has 2 amide bonds. The van der Waals surface area contributed by atoms with Gasteiger partial charge in [-0.3, -0.25) is 14.6 Å². The molecule has 0 saturated carbocycles. The Kier molecular flexibility index (Phi) is 9.66. The molecule has 2 aromatic rings. The molecule has 0 radical (unpaired) electrons. The Hall–Kier alpha value is -4.91. The molecule has 0 spiro atoms. The number of allylic oxidation sites excluding steroid dienone is 3. The normalized spacial score (nSPS) is 19.2. The Balaban J connectivity index is 1.68. The Morgan fingerprint density at radius 3 is 2.67 bits per heavy atom. The van der Waals surface area contributed by atoms with E-state index in [-0.39, 0.29) is 35.3 Å². The van der Waals surface area contributed by atoms with Crippen LogP contribution in [-0.4, -0.2) is 57.9 Å². The molecule has 1 aliphatic heterocycles. The number of nitriles is 1. The van der Waals surface area contributed by atoms with Crippen LogP contribution < -0.4 is 5.32 Å². The van der Waals surface area contributed by atoms with E-state index in [1.54, 1.807) is 56.8 Å². The molecule has 43 heavy (non-hydrogen) atoms. The van der Waals surface area contributed by atoms with E-state index in [4.69, 9.17) is 0 Å². The molecule has 2 unspecified atom stereocenters. The van der Waals surface area contributed by atoms with Crippen molar-refractivity contribution in [1.29, 1.82) is 5.26 Å². The second-order valence-corrected chi connectivity index (χ2v) is 10.7. The SMILES string of the molecule is CC=N/C=C(/c1ncc(C2=CC3C(=CC(C)=CC3[C@@H](C)Nc3ccc(F)cc3C#N)C(=O)N2C)cn1)N(C)C(=O)CCC. The van der Waals surface area contributed by atoms with E-state index in [1.807, 2.05) is 39.0 Å². The number of hydrogen-bond donors (Lipinski definition) is 1. The zero-order chi connectivity index (χ0) is 31.3. The maximum atomic E-state index is 13.7. The number of likely N-dealkylation sites (N-methyl/N-ethyl adjacent to an activating group) is 1. The lowest BCUT2D eigenvalue weighted by Crippen LogP contribution is -2.41. The van der Waals surface area contributed by atoms with E-state index < -0.39 is 5.82 Å². The Labute approximate surface area is 251 Å². The number of benzene rings is 1. The highest BCUT2D eigenvalue weighted by Gasteiger charge is 2.38. The average Bonchev–Trinajstić information content (AvgIpc) is 3.00. The van der Waals surface area contributed by atoms with Crippen LogP contribution in [0.25, 0.3) is 11.4 Å². The zero-order valence-electron chi connectivity index (χ0n) is 25.3. The van der Waals surface area contributed by atoms with Crippen molar-refractivity contribution in [2.24, 2.45) is 16.8 Å². The molecule has 9 nitrogen and oxygen atoms in total. The lowest BCUT2D eigenvalue weighted by molar-refractivity contribution is -0.127. The van der Waals surface area contributed by atoms with Crippen LogP contribution in [0.15, 0.2) is 71.2 Å². The van der Waals surface area contributed by atoms with E-state index in [0.29, 0.717) is 46.9 Å². The summed E-state index contributed by atoms with van der Waals surface area (Å²) in [5, 5.41) is 12.9. The van der Waals surface area contributed by atoms with Gasteiger partial charge < -0.3 is 15.1 Å². The maximum absolute atomic E-state index is 13.7.